The Labute approximate surface area is 191 Å². The molecule has 2 aromatic carbocycles. The Morgan fingerprint density at radius 2 is 1.88 bits per heavy atom. The minimum Gasteiger partial charge on any atom is -0.493 e. The number of fused-ring (bicyclic) bond motifs is 2. The summed E-state index contributed by atoms with van der Waals surface area (Å²) in [5, 5.41) is 3.04. The Morgan fingerprint density at radius 3 is 2.56 bits per heavy atom. The average Bonchev–Trinajstić information content (AvgIpc) is 3.34. The number of halogens is 1. The van der Waals surface area contributed by atoms with Gasteiger partial charge in [-0.1, -0.05) is 17.7 Å². The minimum absolute atomic E-state index is 0.00235. The first kappa shape index (κ1) is 20.5. The summed E-state index contributed by atoms with van der Waals surface area (Å²) in [6.45, 7) is 1.85. The number of hydrogen-bond donors (Lipinski definition) is 0. The van der Waals surface area contributed by atoms with Gasteiger partial charge in [0.2, 0.25) is 5.76 Å². The van der Waals surface area contributed by atoms with Crippen molar-refractivity contribution in [2.24, 2.45) is 0 Å². The predicted octanol–water partition coefficient (Wildman–Crippen LogP) is 4.98. The second-order valence-corrected chi connectivity index (χ2v) is 8.55. The van der Waals surface area contributed by atoms with E-state index in [0.717, 1.165) is 5.69 Å². The molecule has 162 valence electrons. The number of anilines is 1. The van der Waals surface area contributed by atoms with Crippen molar-refractivity contribution < 1.29 is 18.7 Å². The molecule has 0 fully saturated rings. The van der Waals surface area contributed by atoms with Crippen LogP contribution in [-0.2, 0) is 0 Å². The number of carbonyl (C=O) groups is 1. The molecule has 0 unspecified atom stereocenters. The summed E-state index contributed by atoms with van der Waals surface area (Å²) in [6, 6.07) is 9.30. The van der Waals surface area contributed by atoms with Crippen molar-refractivity contribution in [2.45, 2.75) is 13.0 Å². The van der Waals surface area contributed by atoms with E-state index in [1.54, 1.807) is 43.5 Å². The quantitative estimate of drug-likeness (QED) is 0.420. The van der Waals surface area contributed by atoms with Crippen LogP contribution in [-0.4, -0.2) is 25.1 Å². The van der Waals surface area contributed by atoms with Crippen LogP contribution < -0.4 is 19.8 Å². The van der Waals surface area contributed by atoms with E-state index in [9.17, 15) is 9.59 Å². The summed E-state index contributed by atoms with van der Waals surface area (Å²) in [7, 11) is 3.07. The van der Waals surface area contributed by atoms with Crippen LogP contribution in [0, 0.1) is 6.92 Å². The van der Waals surface area contributed by atoms with Crippen LogP contribution in [0.25, 0.3) is 11.0 Å². The Balaban J connectivity index is 1.81. The zero-order chi connectivity index (χ0) is 22.6. The second kappa shape index (κ2) is 7.65. The van der Waals surface area contributed by atoms with Gasteiger partial charge in [0.05, 0.1) is 36.9 Å². The van der Waals surface area contributed by atoms with E-state index in [1.165, 1.54) is 23.3 Å². The molecule has 5 rings (SSSR count). The lowest BCUT2D eigenvalue weighted by Gasteiger charge is -2.23. The number of ether oxygens (including phenoxy) is 2. The fourth-order valence-electron chi connectivity index (χ4n) is 3.93. The first-order chi connectivity index (χ1) is 15.4. The molecule has 2 aromatic heterocycles. The van der Waals surface area contributed by atoms with Gasteiger partial charge in [-0.15, -0.1) is 11.3 Å². The number of hydrogen-bond acceptors (Lipinski definition) is 7. The molecule has 0 saturated carbocycles. The summed E-state index contributed by atoms with van der Waals surface area (Å²) >= 11 is 7.45. The number of nitrogens with zero attached hydrogens (tertiary/aromatic N) is 2. The number of thiazole rings is 1. The van der Waals surface area contributed by atoms with Crippen molar-refractivity contribution in [2.75, 3.05) is 19.1 Å². The van der Waals surface area contributed by atoms with Crippen molar-refractivity contribution in [3.8, 4) is 11.5 Å². The van der Waals surface area contributed by atoms with Crippen LogP contribution in [0.15, 0.2) is 51.0 Å². The van der Waals surface area contributed by atoms with Crippen LogP contribution in [0.3, 0.4) is 0 Å². The molecule has 9 heteroatoms. The molecule has 0 bridgehead atoms. The fourth-order valence-corrected chi connectivity index (χ4v) is 4.93. The van der Waals surface area contributed by atoms with E-state index < -0.39 is 11.9 Å². The SMILES string of the molecule is COc1ccc([C@@H]2c3c(oc4ccc(Cl)cc4c3=O)C(=O)N2c2nc(C)cs2)cc1OC. The summed E-state index contributed by atoms with van der Waals surface area (Å²) < 4.78 is 16.7. The summed E-state index contributed by atoms with van der Waals surface area (Å²) in [5.74, 6) is 0.588. The largest absolute Gasteiger partial charge is 0.493 e. The molecular formula is C23H17ClN2O5S. The molecule has 0 radical (unpaired) electrons. The number of amides is 1. The maximum Gasteiger partial charge on any atom is 0.297 e. The summed E-state index contributed by atoms with van der Waals surface area (Å²) in [4.78, 5) is 33.1. The Morgan fingerprint density at radius 1 is 1.09 bits per heavy atom. The minimum atomic E-state index is -0.748. The zero-order valence-electron chi connectivity index (χ0n) is 17.3. The molecule has 32 heavy (non-hydrogen) atoms. The van der Waals surface area contributed by atoms with Gasteiger partial charge in [-0.05, 0) is 42.8 Å². The number of methoxy groups -OCH3 is 2. The van der Waals surface area contributed by atoms with Gasteiger partial charge in [-0.2, -0.15) is 0 Å². The Hall–Kier alpha value is -3.36. The fraction of sp³-hybridized carbons (Fsp3) is 0.174. The first-order valence-electron chi connectivity index (χ1n) is 9.66. The summed E-state index contributed by atoms with van der Waals surface area (Å²) in [6.07, 6.45) is 0. The van der Waals surface area contributed by atoms with Crippen molar-refractivity contribution in [3.63, 3.8) is 0 Å². The van der Waals surface area contributed by atoms with Crippen molar-refractivity contribution >= 4 is 44.9 Å². The molecule has 1 aliphatic rings. The van der Waals surface area contributed by atoms with Crippen LogP contribution in [0.5, 0.6) is 11.5 Å². The maximum atomic E-state index is 13.6. The monoisotopic (exact) mass is 468 g/mol. The number of carbonyl (C=O) groups excluding carboxylic acids is 1. The lowest BCUT2D eigenvalue weighted by molar-refractivity contribution is 0.0971. The topological polar surface area (TPSA) is 81.9 Å². The molecule has 7 nitrogen and oxygen atoms in total. The third-order valence-corrected chi connectivity index (χ3v) is 6.56. The van der Waals surface area contributed by atoms with E-state index in [0.29, 0.717) is 38.2 Å². The molecule has 0 N–H and O–H groups in total. The highest BCUT2D eigenvalue weighted by atomic mass is 35.5. The van der Waals surface area contributed by atoms with Gasteiger partial charge in [0.25, 0.3) is 5.91 Å². The lowest BCUT2D eigenvalue weighted by Crippen LogP contribution is -2.29. The maximum absolute atomic E-state index is 13.6. The molecule has 0 spiro atoms. The van der Waals surface area contributed by atoms with Gasteiger partial charge in [0, 0.05) is 10.4 Å². The highest BCUT2D eigenvalue weighted by molar-refractivity contribution is 7.14. The normalized spacial score (nSPS) is 15.3. The number of aryl methyl sites for hydroxylation is 1. The van der Waals surface area contributed by atoms with Crippen LogP contribution in [0.2, 0.25) is 5.02 Å². The molecule has 1 amide bonds. The molecule has 1 atom stereocenters. The Kier molecular flexibility index (Phi) is 4.91. The highest BCUT2D eigenvalue weighted by Crippen LogP contribution is 2.44. The van der Waals surface area contributed by atoms with Gasteiger partial charge in [-0.3, -0.25) is 14.5 Å². The summed E-state index contributed by atoms with van der Waals surface area (Å²) in [5.41, 5.74) is 1.67. The first-order valence-corrected chi connectivity index (χ1v) is 10.9. The molecule has 4 aromatic rings. The predicted molar refractivity (Wildman–Crippen MR) is 123 cm³/mol. The van der Waals surface area contributed by atoms with Crippen LogP contribution in [0.1, 0.15) is 33.4 Å². The second-order valence-electron chi connectivity index (χ2n) is 7.28. The molecule has 1 aliphatic heterocycles. The lowest BCUT2D eigenvalue weighted by atomic mass is 9.98. The highest BCUT2D eigenvalue weighted by Gasteiger charge is 2.45. The van der Waals surface area contributed by atoms with Crippen molar-refractivity contribution in [3.05, 3.63) is 79.6 Å². The number of rotatable bonds is 4. The smallest absolute Gasteiger partial charge is 0.297 e. The van der Waals surface area contributed by atoms with Gasteiger partial charge in [0.1, 0.15) is 5.58 Å². The van der Waals surface area contributed by atoms with Crippen molar-refractivity contribution in [1.82, 2.24) is 4.98 Å². The third kappa shape index (κ3) is 3.06. The van der Waals surface area contributed by atoms with Gasteiger partial charge < -0.3 is 13.9 Å². The average molecular weight is 469 g/mol. The molecule has 0 saturated heterocycles. The van der Waals surface area contributed by atoms with Gasteiger partial charge in [-0.25, -0.2) is 4.98 Å². The van der Waals surface area contributed by atoms with Crippen molar-refractivity contribution in [1.29, 1.82) is 0 Å². The Bertz CT molecular complexity index is 1440. The van der Waals surface area contributed by atoms with Crippen LogP contribution >= 0.6 is 22.9 Å². The zero-order valence-corrected chi connectivity index (χ0v) is 18.9. The molecule has 3 heterocycles. The molecule has 0 aliphatic carbocycles. The third-order valence-electron chi connectivity index (χ3n) is 5.37. The van der Waals surface area contributed by atoms with Gasteiger partial charge in [0.15, 0.2) is 22.1 Å². The van der Waals surface area contributed by atoms with E-state index in [2.05, 4.69) is 4.98 Å². The number of aromatic nitrogens is 1. The van der Waals surface area contributed by atoms with Gasteiger partial charge >= 0.3 is 0 Å². The van der Waals surface area contributed by atoms with E-state index in [4.69, 9.17) is 25.5 Å². The van der Waals surface area contributed by atoms with E-state index in [1.807, 2.05) is 12.3 Å². The van der Waals surface area contributed by atoms with E-state index in [-0.39, 0.29) is 16.8 Å². The van der Waals surface area contributed by atoms with Crippen LogP contribution in [0.4, 0.5) is 5.13 Å². The van der Waals surface area contributed by atoms with E-state index >= 15 is 0 Å². The number of benzene rings is 2. The molecular weight excluding hydrogens is 452 g/mol. The standard InChI is InChI=1S/C23H17ClN2O5S/c1-11-10-32-23(25-11)26-19(12-4-6-16(29-2)17(8-12)30-3)18-20(27)14-9-13(24)5-7-15(14)31-21(18)22(26)28/h4-10,19H,1-3H3/t19-/m1/s1.